The van der Waals surface area contributed by atoms with Crippen LogP contribution >= 0.6 is 0 Å². The maximum absolute atomic E-state index is 12.7. The van der Waals surface area contributed by atoms with Crippen LogP contribution < -0.4 is 15.4 Å². The molecule has 2 aromatic carbocycles. The molecule has 0 aliphatic rings. The third-order valence-electron chi connectivity index (χ3n) is 5.08. The number of carbonyl (C=O) groups is 2. The molecule has 0 aliphatic carbocycles. The van der Waals surface area contributed by atoms with Crippen LogP contribution in [0.3, 0.4) is 0 Å². The van der Waals surface area contributed by atoms with Gasteiger partial charge in [0, 0.05) is 36.6 Å². The first-order valence-electron chi connectivity index (χ1n) is 10.3. The second kappa shape index (κ2) is 9.82. The van der Waals surface area contributed by atoms with Crippen LogP contribution in [0.25, 0.3) is 11.3 Å². The molecular formula is C24H23N5O4. The number of rotatable bonds is 8. The van der Waals surface area contributed by atoms with Gasteiger partial charge in [-0.25, -0.2) is 4.98 Å². The van der Waals surface area contributed by atoms with Crippen molar-refractivity contribution < 1.29 is 18.8 Å². The van der Waals surface area contributed by atoms with Gasteiger partial charge in [0.25, 0.3) is 5.91 Å². The zero-order valence-electron chi connectivity index (χ0n) is 18.2. The van der Waals surface area contributed by atoms with Gasteiger partial charge in [0.1, 0.15) is 17.6 Å². The van der Waals surface area contributed by atoms with Crippen molar-refractivity contribution in [1.29, 1.82) is 0 Å². The van der Waals surface area contributed by atoms with Gasteiger partial charge in [-0.15, -0.1) is 0 Å². The van der Waals surface area contributed by atoms with E-state index in [1.165, 1.54) is 6.07 Å². The van der Waals surface area contributed by atoms with Crippen LogP contribution in [-0.4, -0.2) is 40.2 Å². The van der Waals surface area contributed by atoms with Crippen molar-refractivity contribution in [3.63, 3.8) is 0 Å². The molecule has 0 fully saturated rings. The van der Waals surface area contributed by atoms with Gasteiger partial charge in [0.05, 0.1) is 13.7 Å². The predicted molar refractivity (Wildman–Crippen MR) is 120 cm³/mol. The van der Waals surface area contributed by atoms with Crippen LogP contribution in [0.15, 0.2) is 77.6 Å². The molecule has 4 rings (SSSR count). The van der Waals surface area contributed by atoms with Crippen molar-refractivity contribution in [2.75, 3.05) is 13.7 Å². The number of aromatic nitrogens is 3. The molecule has 9 nitrogen and oxygen atoms in total. The molecule has 168 valence electrons. The Morgan fingerprint density at radius 1 is 1.12 bits per heavy atom. The lowest BCUT2D eigenvalue weighted by atomic mass is 10.0. The normalized spacial score (nSPS) is 11.6. The number of methoxy groups -OCH3 is 1. The molecule has 0 bridgehead atoms. The highest BCUT2D eigenvalue weighted by atomic mass is 16.5. The van der Waals surface area contributed by atoms with E-state index in [0.29, 0.717) is 17.3 Å². The third kappa shape index (κ3) is 4.93. The molecule has 0 radical (unpaired) electrons. The van der Waals surface area contributed by atoms with E-state index in [2.05, 4.69) is 20.8 Å². The number of nitrogens with zero attached hydrogens (tertiary/aromatic N) is 3. The molecule has 9 heteroatoms. The summed E-state index contributed by atoms with van der Waals surface area (Å²) in [5, 5.41) is 9.31. The minimum absolute atomic E-state index is 0.0898. The second-order valence-electron chi connectivity index (χ2n) is 7.26. The van der Waals surface area contributed by atoms with E-state index in [-0.39, 0.29) is 12.2 Å². The number of imidazole rings is 1. The van der Waals surface area contributed by atoms with Gasteiger partial charge < -0.3 is 24.5 Å². The van der Waals surface area contributed by atoms with E-state index >= 15 is 0 Å². The minimum atomic E-state index is -0.567. The van der Waals surface area contributed by atoms with Gasteiger partial charge in [-0.1, -0.05) is 53.7 Å². The summed E-state index contributed by atoms with van der Waals surface area (Å²) >= 11 is 0. The van der Waals surface area contributed by atoms with Crippen LogP contribution in [0.1, 0.15) is 27.9 Å². The van der Waals surface area contributed by atoms with E-state index in [9.17, 15) is 9.59 Å². The average Bonchev–Trinajstić information content (AvgIpc) is 3.51. The highest BCUT2D eigenvalue weighted by Crippen LogP contribution is 2.29. The smallest absolute Gasteiger partial charge is 0.273 e. The number of amides is 2. The van der Waals surface area contributed by atoms with Crippen LogP contribution in [-0.2, 0) is 11.8 Å². The summed E-state index contributed by atoms with van der Waals surface area (Å²) < 4.78 is 12.5. The Labute approximate surface area is 190 Å². The molecule has 33 heavy (non-hydrogen) atoms. The fourth-order valence-corrected chi connectivity index (χ4v) is 3.43. The minimum Gasteiger partial charge on any atom is -0.496 e. The Balaban J connectivity index is 1.44. The molecule has 4 aromatic rings. The molecular weight excluding hydrogens is 422 g/mol. The van der Waals surface area contributed by atoms with Crippen molar-refractivity contribution in [3.8, 4) is 17.1 Å². The van der Waals surface area contributed by atoms with Crippen LogP contribution in [0.5, 0.6) is 5.75 Å². The molecule has 0 saturated heterocycles. The lowest BCUT2D eigenvalue weighted by molar-refractivity contribution is -0.120. The Morgan fingerprint density at radius 3 is 2.61 bits per heavy atom. The molecule has 1 atom stereocenters. The predicted octanol–water partition coefficient (Wildman–Crippen LogP) is 2.72. The van der Waals surface area contributed by atoms with E-state index in [0.717, 1.165) is 11.1 Å². The van der Waals surface area contributed by atoms with Crippen LogP contribution in [0.4, 0.5) is 0 Å². The number of carbonyl (C=O) groups excluding carboxylic acids is 2. The quantitative estimate of drug-likeness (QED) is 0.431. The van der Waals surface area contributed by atoms with Crippen molar-refractivity contribution in [1.82, 2.24) is 25.3 Å². The Bertz CT molecular complexity index is 1250. The van der Waals surface area contributed by atoms with Crippen molar-refractivity contribution >= 4 is 11.8 Å². The molecule has 0 saturated carbocycles. The van der Waals surface area contributed by atoms with Gasteiger partial charge >= 0.3 is 0 Å². The molecule has 0 spiro atoms. The highest BCUT2D eigenvalue weighted by Gasteiger charge is 2.24. The van der Waals surface area contributed by atoms with E-state index in [1.807, 2.05) is 66.2 Å². The van der Waals surface area contributed by atoms with Crippen molar-refractivity contribution in [2.45, 2.75) is 6.04 Å². The lowest BCUT2D eigenvalue weighted by Gasteiger charge is -2.21. The summed E-state index contributed by atoms with van der Waals surface area (Å²) in [7, 11) is 3.41. The van der Waals surface area contributed by atoms with Gasteiger partial charge in [0.2, 0.25) is 5.91 Å². The number of benzene rings is 2. The maximum atomic E-state index is 12.7. The molecule has 2 aromatic heterocycles. The van der Waals surface area contributed by atoms with E-state index < -0.39 is 17.9 Å². The number of hydrogen-bond donors (Lipinski definition) is 2. The standard InChI is InChI=1S/C24H23N5O4/c1-29-13-12-25-23(29)22(17-10-6-7-11-19(17)32-2)27-21(30)15-26-24(31)18-14-20(33-28-18)16-8-4-3-5-9-16/h3-14,22H,15H2,1-2H3,(H,26,31)(H,27,30). The fourth-order valence-electron chi connectivity index (χ4n) is 3.43. The Kier molecular flexibility index (Phi) is 6.49. The van der Waals surface area contributed by atoms with Gasteiger partial charge in [-0.05, 0) is 6.07 Å². The summed E-state index contributed by atoms with van der Waals surface area (Å²) in [6.45, 7) is -0.248. The molecule has 2 heterocycles. The topological polar surface area (TPSA) is 111 Å². The fraction of sp³-hybridized carbons (Fsp3) is 0.167. The van der Waals surface area contributed by atoms with Crippen molar-refractivity contribution in [3.05, 3.63) is 90.1 Å². The van der Waals surface area contributed by atoms with Crippen LogP contribution in [0.2, 0.25) is 0 Å². The second-order valence-corrected chi connectivity index (χ2v) is 7.26. The first-order chi connectivity index (χ1) is 16.1. The summed E-state index contributed by atoms with van der Waals surface area (Å²) in [5.41, 5.74) is 1.64. The first-order valence-corrected chi connectivity index (χ1v) is 10.3. The average molecular weight is 445 g/mol. The molecule has 2 amide bonds. The number of para-hydroxylation sites is 1. The molecule has 1 unspecified atom stereocenters. The van der Waals surface area contributed by atoms with Crippen molar-refractivity contribution in [2.24, 2.45) is 7.05 Å². The Morgan fingerprint density at radius 2 is 1.88 bits per heavy atom. The zero-order valence-corrected chi connectivity index (χ0v) is 18.2. The number of hydrogen-bond acceptors (Lipinski definition) is 6. The lowest BCUT2D eigenvalue weighted by Crippen LogP contribution is -2.39. The SMILES string of the molecule is COc1ccccc1C(NC(=O)CNC(=O)c1cc(-c2ccccc2)on1)c1nccn1C. The third-order valence-corrected chi connectivity index (χ3v) is 5.08. The monoisotopic (exact) mass is 445 g/mol. The van der Waals surface area contributed by atoms with Gasteiger partial charge in [-0.3, -0.25) is 9.59 Å². The van der Waals surface area contributed by atoms with Gasteiger partial charge in [-0.2, -0.15) is 0 Å². The summed E-state index contributed by atoms with van der Waals surface area (Å²) in [6, 6.07) is 17.7. The Hall–Kier alpha value is -4.40. The van der Waals surface area contributed by atoms with E-state index in [4.69, 9.17) is 9.26 Å². The number of nitrogens with one attached hydrogen (secondary N) is 2. The van der Waals surface area contributed by atoms with Gasteiger partial charge in [0.15, 0.2) is 11.5 Å². The number of aryl methyl sites for hydroxylation is 1. The molecule has 2 N–H and O–H groups in total. The first kappa shape index (κ1) is 21.8. The molecule has 0 aliphatic heterocycles. The summed E-state index contributed by atoms with van der Waals surface area (Å²) in [4.78, 5) is 29.6. The summed E-state index contributed by atoms with van der Waals surface area (Å²) in [6.07, 6.45) is 3.45. The van der Waals surface area contributed by atoms with E-state index in [1.54, 1.807) is 19.5 Å². The summed E-state index contributed by atoms with van der Waals surface area (Å²) in [5.74, 6) is 0.807. The highest BCUT2D eigenvalue weighted by molar-refractivity contribution is 5.95. The zero-order chi connectivity index (χ0) is 23.2. The van der Waals surface area contributed by atoms with Crippen LogP contribution in [0, 0.1) is 0 Å². The maximum Gasteiger partial charge on any atom is 0.273 e. The number of ether oxygens (including phenoxy) is 1. The largest absolute Gasteiger partial charge is 0.496 e.